The third kappa shape index (κ3) is 5.48. The first-order valence-corrected chi connectivity index (χ1v) is 6.98. The molecule has 0 aliphatic rings. The molecule has 3 N–H and O–H groups in total. The van der Waals surface area contributed by atoms with Crippen molar-refractivity contribution in [2.45, 2.75) is 26.2 Å². The normalized spacial score (nSPS) is 10.3. The molecule has 20 heavy (non-hydrogen) atoms. The van der Waals surface area contributed by atoms with Crippen LogP contribution in [0.3, 0.4) is 0 Å². The smallest absolute Gasteiger partial charge is 0.251 e. The lowest BCUT2D eigenvalue weighted by atomic mass is 10.1. The van der Waals surface area contributed by atoms with Gasteiger partial charge in [-0.3, -0.25) is 4.79 Å². The quantitative estimate of drug-likeness (QED) is 0.537. The highest BCUT2D eigenvalue weighted by atomic mass is 16.5. The molecule has 5 nitrogen and oxygen atoms in total. The summed E-state index contributed by atoms with van der Waals surface area (Å²) in [5.41, 5.74) is 6.77. The number of hydrogen-bond donors (Lipinski definition) is 2. The first-order chi connectivity index (χ1) is 9.69. The maximum absolute atomic E-state index is 11.9. The Morgan fingerprint density at radius 2 is 2.05 bits per heavy atom. The van der Waals surface area contributed by atoms with Crippen molar-refractivity contribution in [1.29, 1.82) is 0 Å². The van der Waals surface area contributed by atoms with Gasteiger partial charge in [-0.1, -0.05) is 13.3 Å². The Morgan fingerprint density at radius 3 is 2.70 bits per heavy atom. The molecule has 0 saturated carbocycles. The van der Waals surface area contributed by atoms with E-state index in [4.69, 9.17) is 15.2 Å². The van der Waals surface area contributed by atoms with Crippen molar-refractivity contribution in [3.8, 4) is 5.75 Å². The second-order valence-electron chi connectivity index (χ2n) is 4.53. The Balaban J connectivity index is 2.27. The molecule has 112 valence electrons. The minimum absolute atomic E-state index is 0.132. The molecule has 0 aliphatic carbocycles. The summed E-state index contributed by atoms with van der Waals surface area (Å²) in [6.45, 7) is 4.19. The third-order valence-electron chi connectivity index (χ3n) is 2.89. The van der Waals surface area contributed by atoms with E-state index < -0.39 is 0 Å². The van der Waals surface area contributed by atoms with Crippen LogP contribution in [0.25, 0.3) is 0 Å². The van der Waals surface area contributed by atoms with Crippen molar-refractivity contribution in [3.05, 3.63) is 23.8 Å². The van der Waals surface area contributed by atoms with Crippen LogP contribution in [0.15, 0.2) is 18.2 Å². The number of carbonyl (C=O) groups is 1. The zero-order valence-electron chi connectivity index (χ0n) is 12.3. The van der Waals surface area contributed by atoms with Crippen LogP contribution in [0.1, 0.15) is 36.5 Å². The van der Waals surface area contributed by atoms with Gasteiger partial charge < -0.3 is 20.5 Å². The number of unbranched alkanes of at least 4 members (excludes halogenated alkanes) is 1. The van der Waals surface area contributed by atoms with E-state index in [1.807, 2.05) is 0 Å². The van der Waals surface area contributed by atoms with Gasteiger partial charge in [0.1, 0.15) is 5.75 Å². The summed E-state index contributed by atoms with van der Waals surface area (Å²) in [5, 5.41) is 2.84. The van der Waals surface area contributed by atoms with Crippen molar-refractivity contribution in [2.24, 2.45) is 0 Å². The van der Waals surface area contributed by atoms with E-state index in [1.54, 1.807) is 25.3 Å². The van der Waals surface area contributed by atoms with E-state index in [0.717, 1.165) is 25.9 Å². The lowest BCUT2D eigenvalue weighted by molar-refractivity contribution is 0.0940. The summed E-state index contributed by atoms with van der Waals surface area (Å²) in [6, 6.07) is 5.01. The number of methoxy groups -OCH3 is 1. The van der Waals surface area contributed by atoms with Gasteiger partial charge in [-0.15, -0.1) is 0 Å². The molecule has 0 aromatic heterocycles. The SMILES string of the molecule is CCCCOCCCNC(=O)c1ccc(OC)c(N)c1. The standard InChI is InChI=1S/C15H24N2O3/c1-3-4-9-20-10-5-8-17-15(18)12-6-7-14(19-2)13(16)11-12/h6-7,11H,3-5,8-10,16H2,1-2H3,(H,17,18). The largest absolute Gasteiger partial charge is 0.495 e. The van der Waals surface area contributed by atoms with Gasteiger partial charge in [0, 0.05) is 25.3 Å². The van der Waals surface area contributed by atoms with Gasteiger partial charge in [0.25, 0.3) is 5.91 Å². The Labute approximate surface area is 120 Å². The number of ether oxygens (including phenoxy) is 2. The van der Waals surface area contributed by atoms with E-state index in [1.165, 1.54) is 0 Å². The number of amides is 1. The van der Waals surface area contributed by atoms with Gasteiger partial charge >= 0.3 is 0 Å². The van der Waals surface area contributed by atoms with Gasteiger partial charge in [-0.2, -0.15) is 0 Å². The molecule has 1 aromatic rings. The second-order valence-corrected chi connectivity index (χ2v) is 4.53. The van der Waals surface area contributed by atoms with Gasteiger partial charge in [0.05, 0.1) is 12.8 Å². The number of anilines is 1. The van der Waals surface area contributed by atoms with E-state index in [9.17, 15) is 4.79 Å². The van der Waals surface area contributed by atoms with E-state index in [0.29, 0.717) is 30.2 Å². The van der Waals surface area contributed by atoms with Crippen molar-refractivity contribution in [2.75, 3.05) is 32.6 Å². The van der Waals surface area contributed by atoms with Crippen LogP contribution >= 0.6 is 0 Å². The molecule has 0 aliphatic heterocycles. The molecule has 0 spiro atoms. The maximum atomic E-state index is 11.9. The molecule has 1 rings (SSSR count). The summed E-state index contributed by atoms with van der Waals surface area (Å²) in [6.07, 6.45) is 3.02. The second kappa shape index (κ2) is 9.20. The van der Waals surface area contributed by atoms with Crippen LogP contribution in [-0.2, 0) is 4.74 Å². The third-order valence-corrected chi connectivity index (χ3v) is 2.89. The van der Waals surface area contributed by atoms with Crippen molar-refractivity contribution >= 4 is 11.6 Å². The number of nitrogens with one attached hydrogen (secondary N) is 1. The Bertz CT molecular complexity index is 422. The molecule has 0 heterocycles. The van der Waals surface area contributed by atoms with Crippen LogP contribution in [-0.4, -0.2) is 32.8 Å². The number of hydrogen-bond acceptors (Lipinski definition) is 4. The molecular formula is C15H24N2O3. The maximum Gasteiger partial charge on any atom is 0.251 e. The molecule has 0 bridgehead atoms. The van der Waals surface area contributed by atoms with Crippen molar-refractivity contribution < 1.29 is 14.3 Å². The van der Waals surface area contributed by atoms with E-state index in [2.05, 4.69) is 12.2 Å². The molecule has 1 aromatic carbocycles. The molecule has 0 saturated heterocycles. The van der Waals surface area contributed by atoms with E-state index in [-0.39, 0.29) is 5.91 Å². The average Bonchev–Trinajstić information content (AvgIpc) is 2.46. The lowest BCUT2D eigenvalue weighted by Crippen LogP contribution is -2.25. The van der Waals surface area contributed by atoms with Gasteiger partial charge in [0.2, 0.25) is 0 Å². The van der Waals surface area contributed by atoms with Crippen LogP contribution < -0.4 is 15.8 Å². The number of nitrogen functional groups attached to an aromatic ring is 1. The highest BCUT2D eigenvalue weighted by Crippen LogP contribution is 2.21. The van der Waals surface area contributed by atoms with Crippen LogP contribution in [0, 0.1) is 0 Å². The molecule has 0 fully saturated rings. The van der Waals surface area contributed by atoms with Gasteiger partial charge in [-0.05, 0) is 31.0 Å². The van der Waals surface area contributed by atoms with E-state index >= 15 is 0 Å². The zero-order chi connectivity index (χ0) is 14.8. The summed E-state index contributed by atoms with van der Waals surface area (Å²) < 4.78 is 10.5. The lowest BCUT2D eigenvalue weighted by Gasteiger charge is -2.08. The van der Waals surface area contributed by atoms with Gasteiger partial charge in [-0.25, -0.2) is 0 Å². The molecule has 5 heteroatoms. The van der Waals surface area contributed by atoms with Crippen molar-refractivity contribution in [1.82, 2.24) is 5.32 Å². The predicted octanol–water partition coefficient (Wildman–Crippen LogP) is 2.21. The first kappa shape index (κ1) is 16.3. The number of benzene rings is 1. The minimum atomic E-state index is -0.132. The Kier molecular flexibility index (Phi) is 7.50. The van der Waals surface area contributed by atoms with Crippen LogP contribution in [0.5, 0.6) is 5.75 Å². The summed E-state index contributed by atoms with van der Waals surface area (Å²) in [7, 11) is 1.55. The summed E-state index contributed by atoms with van der Waals surface area (Å²) >= 11 is 0. The fraction of sp³-hybridized carbons (Fsp3) is 0.533. The summed E-state index contributed by atoms with van der Waals surface area (Å²) in [4.78, 5) is 11.9. The Morgan fingerprint density at radius 1 is 1.30 bits per heavy atom. The van der Waals surface area contributed by atoms with Crippen LogP contribution in [0.4, 0.5) is 5.69 Å². The Hall–Kier alpha value is -1.75. The van der Waals surface area contributed by atoms with Gasteiger partial charge in [0.15, 0.2) is 0 Å². The highest BCUT2D eigenvalue weighted by Gasteiger charge is 2.07. The molecule has 0 radical (unpaired) electrons. The first-order valence-electron chi connectivity index (χ1n) is 6.98. The number of carbonyl (C=O) groups excluding carboxylic acids is 1. The summed E-state index contributed by atoms with van der Waals surface area (Å²) in [5.74, 6) is 0.443. The average molecular weight is 280 g/mol. The van der Waals surface area contributed by atoms with Crippen LogP contribution in [0.2, 0.25) is 0 Å². The number of nitrogens with two attached hydrogens (primary N) is 1. The molecule has 0 atom stereocenters. The fourth-order valence-electron chi connectivity index (χ4n) is 1.70. The molecule has 1 amide bonds. The predicted molar refractivity (Wildman–Crippen MR) is 80.1 cm³/mol. The van der Waals surface area contributed by atoms with Crippen molar-refractivity contribution in [3.63, 3.8) is 0 Å². The highest BCUT2D eigenvalue weighted by molar-refractivity contribution is 5.95. The monoisotopic (exact) mass is 280 g/mol. The topological polar surface area (TPSA) is 73.6 Å². The fourth-order valence-corrected chi connectivity index (χ4v) is 1.70. The zero-order valence-corrected chi connectivity index (χ0v) is 12.3. The number of rotatable bonds is 9. The molecule has 0 unspecified atom stereocenters. The molecular weight excluding hydrogens is 256 g/mol. The minimum Gasteiger partial charge on any atom is -0.495 e.